The molecule has 1 atom stereocenters. The number of carbonyl (C=O) groups excluding carboxylic acids is 1. The Hall–Kier alpha value is -2.12. The van der Waals surface area contributed by atoms with Crippen molar-refractivity contribution < 1.29 is 13.9 Å². The van der Waals surface area contributed by atoms with Crippen LogP contribution in [0.15, 0.2) is 28.9 Å². The van der Waals surface area contributed by atoms with Crippen LogP contribution in [0.2, 0.25) is 0 Å². The average Bonchev–Trinajstić information content (AvgIpc) is 3.19. The number of nitrogens with zero attached hydrogens (tertiary/aromatic N) is 2. The van der Waals surface area contributed by atoms with Gasteiger partial charge in [0.15, 0.2) is 11.5 Å². The van der Waals surface area contributed by atoms with Crippen molar-refractivity contribution in [2.45, 2.75) is 13.0 Å². The fourth-order valence-corrected chi connectivity index (χ4v) is 2.51. The van der Waals surface area contributed by atoms with E-state index in [1.165, 1.54) is 0 Å². The normalized spacial score (nSPS) is 17.3. The number of ether oxygens (including phenoxy) is 1. The zero-order chi connectivity index (χ0) is 15.4. The first kappa shape index (κ1) is 14.8. The molecule has 7 heteroatoms. The molecular formula is C15H20N4O3. The van der Waals surface area contributed by atoms with E-state index in [2.05, 4.69) is 20.4 Å². The van der Waals surface area contributed by atoms with Crippen molar-refractivity contribution in [2.24, 2.45) is 0 Å². The Morgan fingerprint density at radius 1 is 1.50 bits per heavy atom. The molecule has 1 unspecified atom stereocenters. The fraction of sp³-hybridized carbons (Fsp3) is 0.467. The molecule has 1 aliphatic rings. The number of aromatic amines is 1. The molecule has 0 spiro atoms. The number of morpholine rings is 1. The molecule has 3 heterocycles. The molecule has 1 aliphatic heterocycles. The number of carbonyl (C=O) groups is 1. The van der Waals surface area contributed by atoms with Gasteiger partial charge in [-0.2, -0.15) is 5.10 Å². The van der Waals surface area contributed by atoms with Gasteiger partial charge in [-0.05, 0) is 19.1 Å². The Morgan fingerprint density at radius 3 is 3.05 bits per heavy atom. The number of hydrogen-bond donors (Lipinski definition) is 2. The summed E-state index contributed by atoms with van der Waals surface area (Å²) in [5.41, 5.74) is 1.05. The highest BCUT2D eigenvalue weighted by Crippen LogP contribution is 2.17. The second kappa shape index (κ2) is 6.76. The Morgan fingerprint density at radius 2 is 2.32 bits per heavy atom. The number of aromatic nitrogens is 2. The predicted molar refractivity (Wildman–Crippen MR) is 80.5 cm³/mol. The van der Waals surface area contributed by atoms with Crippen molar-refractivity contribution >= 4 is 5.91 Å². The SMILES string of the molecule is CC(CN1CCOCC1)NC(=O)c1cc(-c2ccco2)[nH]n1. The molecule has 0 saturated carbocycles. The lowest BCUT2D eigenvalue weighted by atomic mass is 10.2. The van der Waals surface area contributed by atoms with Crippen molar-refractivity contribution in [3.05, 3.63) is 30.2 Å². The van der Waals surface area contributed by atoms with Crippen molar-refractivity contribution in [1.82, 2.24) is 20.4 Å². The molecule has 1 saturated heterocycles. The van der Waals surface area contributed by atoms with E-state index >= 15 is 0 Å². The second-order valence-electron chi connectivity index (χ2n) is 5.43. The van der Waals surface area contributed by atoms with E-state index in [1.807, 2.05) is 13.0 Å². The van der Waals surface area contributed by atoms with Gasteiger partial charge in [-0.25, -0.2) is 0 Å². The summed E-state index contributed by atoms with van der Waals surface area (Å²) in [5, 5.41) is 9.82. The second-order valence-corrected chi connectivity index (χ2v) is 5.43. The maximum Gasteiger partial charge on any atom is 0.272 e. The third kappa shape index (κ3) is 3.55. The van der Waals surface area contributed by atoms with Crippen LogP contribution < -0.4 is 5.32 Å². The molecule has 2 aromatic heterocycles. The van der Waals surface area contributed by atoms with E-state index < -0.39 is 0 Å². The average molecular weight is 304 g/mol. The fourth-order valence-electron chi connectivity index (χ4n) is 2.51. The van der Waals surface area contributed by atoms with Gasteiger partial charge in [0, 0.05) is 31.7 Å². The van der Waals surface area contributed by atoms with Crippen molar-refractivity contribution in [2.75, 3.05) is 32.8 Å². The smallest absolute Gasteiger partial charge is 0.272 e. The van der Waals surface area contributed by atoms with Crippen molar-refractivity contribution in [1.29, 1.82) is 0 Å². The van der Waals surface area contributed by atoms with Gasteiger partial charge >= 0.3 is 0 Å². The molecule has 22 heavy (non-hydrogen) atoms. The number of amides is 1. The lowest BCUT2D eigenvalue weighted by molar-refractivity contribution is 0.0342. The number of nitrogens with one attached hydrogen (secondary N) is 2. The van der Waals surface area contributed by atoms with E-state index in [4.69, 9.17) is 9.15 Å². The van der Waals surface area contributed by atoms with Crippen LogP contribution >= 0.6 is 0 Å². The summed E-state index contributed by atoms with van der Waals surface area (Å²) in [6.45, 7) is 6.13. The van der Waals surface area contributed by atoms with E-state index in [9.17, 15) is 4.79 Å². The molecule has 0 bridgehead atoms. The molecule has 2 aromatic rings. The maximum absolute atomic E-state index is 12.2. The van der Waals surface area contributed by atoms with E-state index in [0.717, 1.165) is 32.8 Å². The van der Waals surface area contributed by atoms with Crippen LogP contribution in [0.3, 0.4) is 0 Å². The zero-order valence-corrected chi connectivity index (χ0v) is 12.5. The van der Waals surface area contributed by atoms with Gasteiger partial charge in [-0.1, -0.05) is 0 Å². The third-order valence-corrected chi connectivity index (χ3v) is 3.61. The van der Waals surface area contributed by atoms with Gasteiger partial charge in [0.25, 0.3) is 5.91 Å². The summed E-state index contributed by atoms with van der Waals surface area (Å²) in [7, 11) is 0. The van der Waals surface area contributed by atoms with E-state index in [1.54, 1.807) is 18.4 Å². The first-order valence-electron chi connectivity index (χ1n) is 7.42. The minimum Gasteiger partial charge on any atom is -0.463 e. The predicted octanol–water partition coefficient (Wildman–Crippen LogP) is 1.12. The molecule has 2 N–H and O–H groups in total. The monoisotopic (exact) mass is 304 g/mol. The Kier molecular flexibility index (Phi) is 4.55. The quantitative estimate of drug-likeness (QED) is 0.865. The summed E-state index contributed by atoms with van der Waals surface area (Å²) in [5.74, 6) is 0.475. The highest BCUT2D eigenvalue weighted by molar-refractivity contribution is 5.93. The summed E-state index contributed by atoms with van der Waals surface area (Å²) >= 11 is 0. The van der Waals surface area contributed by atoms with Gasteiger partial charge in [0.05, 0.1) is 19.5 Å². The molecule has 0 radical (unpaired) electrons. The van der Waals surface area contributed by atoms with Gasteiger partial charge in [0.1, 0.15) is 5.69 Å². The lowest BCUT2D eigenvalue weighted by Crippen LogP contribution is -2.46. The van der Waals surface area contributed by atoms with Gasteiger partial charge in [-0.3, -0.25) is 14.8 Å². The molecular weight excluding hydrogens is 284 g/mol. The minimum atomic E-state index is -0.185. The standard InChI is InChI=1S/C15H20N4O3/c1-11(10-19-4-7-21-8-5-19)16-15(20)13-9-12(17-18-13)14-3-2-6-22-14/h2-3,6,9,11H,4-5,7-8,10H2,1H3,(H,16,20)(H,17,18). The third-order valence-electron chi connectivity index (χ3n) is 3.61. The van der Waals surface area contributed by atoms with Crippen LogP contribution in [-0.4, -0.2) is 59.9 Å². The maximum atomic E-state index is 12.2. The van der Waals surface area contributed by atoms with E-state index in [0.29, 0.717) is 17.1 Å². The molecule has 7 nitrogen and oxygen atoms in total. The lowest BCUT2D eigenvalue weighted by Gasteiger charge is -2.29. The van der Waals surface area contributed by atoms with Gasteiger partial charge < -0.3 is 14.5 Å². The molecule has 1 fully saturated rings. The van der Waals surface area contributed by atoms with Crippen molar-refractivity contribution in [3.63, 3.8) is 0 Å². The number of hydrogen-bond acceptors (Lipinski definition) is 5. The van der Waals surface area contributed by atoms with Crippen LogP contribution in [0.4, 0.5) is 0 Å². The molecule has 0 aliphatic carbocycles. The highest BCUT2D eigenvalue weighted by atomic mass is 16.5. The van der Waals surface area contributed by atoms with Crippen LogP contribution in [-0.2, 0) is 4.74 Å². The number of rotatable bonds is 5. The molecule has 118 valence electrons. The van der Waals surface area contributed by atoms with Crippen molar-refractivity contribution in [3.8, 4) is 11.5 Å². The molecule has 0 aromatic carbocycles. The van der Waals surface area contributed by atoms with Crippen LogP contribution in [0.1, 0.15) is 17.4 Å². The Labute approximate surface area is 128 Å². The first-order valence-corrected chi connectivity index (χ1v) is 7.42. The molecule has 1 amide bonds. The van der Waals surface area contributed by atoms with Gasteiger partial charge in [-0.15, -0.1) is 0 Å². The summed E-state index contributed by atoms with van der Waals surface area (Å²) in [6, 6.07) is 5.35. The van der Waals surface area contributed by atoms with Crippen LogP contribution in [0.5, 0.6) is 0 Å². The number of furan rings is 1. The van der Waals surface area contributed by atoms with Crippen LogP contribution in [0, 0.1) is 0 Å². The topological polar surface area (TPSA) is 83.4 Å². The summed E-state index contributed by atoms with van der Waals surface area (Å²) in [4.78, 5) is 14.5. The first-order chi connectivity index (χ1) is 10.7. The number of H-pyrrole nitrogens is 1. The van der Waals surface area contributed by atoms with Crippen LogP contribution in [0.25, 0.3) is 11.5 Å². The molecule has 3 rings (SSSR count). The largest absolute Gasteiger partial charge is 0.463 e. The Balaban J connectivity index is 1.55. The van der Waals surface area contributed by atoms with Gasteiger partial charge in [0.2, 0.25) is 0 Å². The van der Waals surface area contributed by atoms with E-state index in [-0.39, 0.29) is 11.9 Å². The summed E-state index contributed by atoms with van der Waals surface area (Å²) < 4.78 is 10.6. The minimum absolute atomic E-state index is 0.0503. The highest BCUT2D eigenvalue weighted by Gasteiger charge is 2.18. The zero-order valence-electron chi connectivity index (χ0n) is 12.5. The summed E-state index contributed by atoms with van der Waals surface area (Å²) in [6.07, 6.45) is 1.58. The Bertz CT molecular complexity index is 602.